The summed E-state index contributed by atoms with van der Waals surface area (Å²) in [7, 11) is 0. The van der Waals surface area contributed by atoms with Crippen molar-refractivity contribution in [2.75, 3.05) is 17.7 Å². The first-order chi connectivity index (χ1) is 9.97. The van der Waals surface area contributed by atoms with Crippen LogP contribution < -0.4 is 15.8 Å². The average Bonchev–Trinajstić information content (AvgIpc) is 2.44. The van der Waals surface area contributed by atoms with Crippen LogP contribution in [-0.2, 0) is 4.79 Å². The molecule has 0 fully saturated rings. The van der Waals surface area contributed by atoms with Gasteiger partial charge in [0.2, 0.25) is 0 Å². The van der Waals surface area contributed by atoms with E-state index < -0.39 is 5.82 Å². The minimum Gasteiger partial charge on any atom is -0.483 e. The fourth-order valence-electron chi connectivity index (χ4n) is 1.91. The van der Waals surface area contributed by atoms with Gasteiger partial charge in [0, 0.05) is 6.07 Å². The van der Waals surface area contributed by atoms with E-state index in [1.807, 2.05) is 19.1 Å². The van der Waals surface area contributed by atoms with E-state index in [1.54, 1.807) is 19.1 Å². The first-order valence-corrected chi connectivity index (χ1v) is 6.51. The fourth-order valence-corrected chi connectivity index (χ4v) is 1.91. The number of carbonyl (C=O) groups is 1. The lowest BCUT2D eigenvalue weighted by atomic mass is 10.1. The van der Waals surface area contributed by atoms with Crippen LogP contribution in [0.4, 0.5) is 15.8 Å². The number of carbonyl (C=O) groups excluding carboxylic acids is 1. The molecule has 3 N–H and O–H groups in total. The number of hydrogen-bond donors (Lipinski definition) is 2. The molecule has 2 rings (SSSR count). The van der Waals surface area contributed by atoms with Crippen molar-refractivity contribution in [3.63, 3.8) is 0 Å². The number of aryl methyl sites for hydroxylation is 2. The van der Waals surface area contributed by atoms with E-state index in [-0.39, 0.29) is 12.5 Å². The molecule has 2 aromatic rings. The van der Waals surface area contributed by atoms with Crippen LogP contribution in [0.25, 0.3) is 0 Å². The zero-order chi connectivity index (χ0) is 15.4. The van der Waals surface area contributed by atoms with Gasteiger partial charge in [0.1, 0.15) is 11.6 Å². The van der Waals surface area contributed by atoms with Gasteiger partial charge in [0.15, 0.2) is 6.61 Å². The van der Waals surface area contributed by atoms with E-state index >= 15 is 0 Å². The van der Waals surface area contributed by atoms with Gasteiger partial charge in [0.25, 0.3) is 5.91 Å². The van der Waals surface area contributed by atoms with E-state index in [9.17, 15) is 9.18 Å². The molecule has 0 saturated heterocycles. The predicted octanol–water partition coefficient (Wildman–Crippen LogP) is 3.04. The monoisotopic (exact) mass is 288 g/mol. The molecule has 21 heavy (non-hydrogen) atoms. The largest absolute Gasteiger partial charge is 0.483 e. The summed E-state index contributed by atoms with van der Waals surface area (Å²) in [5.74, 6) is -0.401. The molecule has 0 aliphatic carbocycles. The van der Waals surface area contributed by atoms with Crippen molar-refractivity contribution < 1.29 is 13.9 Å². The molecule has 0 spiro atoms. The van der Waals surface area contributed by atoms with E-state index in [0.717, 1.165) is 11.1 Å². The van der Waals surface area contributed by atoms with Gasteiger partial charge in [-0.15, -0.1) is 0 Å². The number of rotatable bonds is 4. The van der Waals surface area contributed by atoms with Gasteiger partial charge >= 0.3 is 0 Å². The van der Waals surface area contributed by atoms with Crippen molar-refractivity contribution in [3.8, 4) is 5.75 Å². The van der Waals surface area contributed by atoms with Gasteiger partial charge in [-0.25, -0.2) is 4.39 Å². The van der Waals surface area contributed by atoms with Gasteiger partial charge in [-0.05, 0) is 37.1 Å². The van der Waals surface area contributed by atoms with Crippen molar-refractivity contribution in [1.29, 1.82) is 0 Å². The first kappa shape index (κ1) is 14.8. The molecule has 2 aromatic carbocycles. The van der Waals surface area contributed by atoms with E-state index in [4.69, 9.17) is 10.5 Å². The number of hydrogen-bond acceptors (Lipinski definition) is 3. The molecule has 4 nitrogen and oxygen atoms in total. The first-order valence-electron chi connectivity index (χ1n) is 6.51. The van der Waals surface area contributed by atoms with Crippen molar-refractivity contribution in [3.05, 3.63) is 53.3 Å². The van der Waals surface area contributed by atoms with Crippen molar-refractivity contribution in [2.24, 2.45) is 0 Å². The Labute approximate surface area is 122 Å². The average molecular weight is 288 g/mol. The molecule has 0 aliphatic rings. The summed E-state index contributed by atoms with van der Waals surface area (Å²) >= 11 is 0. The molecular weight excluding hydrogens is 271 g/mol. The van der Waals surface area contributed by atoms with Crippen molar-refractivity contribution in [1.82, 2.24) is 0 Å². The van der Waals surface area contributed by atoms with Crippen molar-refractivity contribution >= 4 is 17.3 Å². The van der Waals surface area contributed by atoms with Crippen LogP contribution >= 0.6 is 0 Å². The summed E-state index contributed by atoms with van der Waals surface area (Å²) in [6, 6.07) is 9.57. The maximum atomic E-state index is 13.1. The summed E-state index contributed by atoms with van der Waals surface area (Å²) in [6.45, 7) is 3.42. The third-order valence-electron chi connectivity index (χ3n) is 3.08. The minimum atomic E-state index is -0.404. The number of anilines is 2. The Morgan fingerprint density at radius 3 is 2.71 bits per heavy atom. The highest BCUT2D eigenvalue weighted by molar-refractivity contribution is 5.95. The van der Waals surface area contributed by atoms with Crippen LogP contribution in [0.3, 0.4) is 0 Å². The van der Waals surface area contributed by atoms with Gasteiger partial charge in [-0.2, -0.15) is 0 Å². The molecule has 0 unspecified atom stereocenters. The molecule has 0 bridgehead atoms. The standard InChI is InChI=1S/C16H17FN2O2/c1-10-6-7-12(17)8-14(10)21-9-15(20)19-16-11(2)4-3-5-13(16)18/h3-8H,9,18H2,1-2H3,(H,19,20). The Bertz CT molecular complexity index is 651. The van der Waals surface area contributed by atoms with Gasteiger partial charge in [-0.1, -0.05) is 18.2 Å². The number of ether oxygens (including phenoxy) is 1. The normalized spacial score (nSPS) is 10.2. The molecule has 1 amide bonds. The second kappa shape index (κ2) is 6.26. The maximum absolute atomic E-state index is 13.1. The van der Waals surface area contributed by atoms with Crippen LogP contribution in [0.15, 0.2) is 36.4 Å². The van der Waals surface area contributed by atoms with E-state index in [1.165, 1.54) is 12.1 Å². The number of para-hydroxylation sites is 1. The molecule has 110 valence electrons. The molecular formula is C16H17FN2O2. The Hall–Kier alpha value is -2.56. The lowest BCUT2D eigenvalue weighted by Crippen LogP contribution is -2.21. The second-order valence-electron chi connectivity index (χ2n) is 4.79. The third-order valence-corrected chi connectivity index (χ3v) is 3.08. The van der Waals surface area contributed by atoms with Gasteiger partial charge < -0.3 is 15.8 Å². The summed E-state index contributed by atoms with van der Waals surface area (Å²) in [5, 5.41) is 2.70. The zero-order valence-electron chi connectivity index (χ0n) is 11.9. The zero-order valence-corrected chi connectivity index (χ0v) is 11.9. The lowest BCUT2D eigenvalue weighted by molar-refractivity contribution is -0.118. The van der Waals surface area contributed by atoms with Crippen molar-refractivity contribution in [2.45, 2.75) is 13.8 Å². The molecule has 0 atom stereocenters. The number of nitrogens with one attached hydrogen (secondary N) is 1. The molecule has 0 aromatic heterocycles. The maximum Gasteiger partial charge on any atom is 0.262 e. The quantitative estimate of drug-likeness (QED) is 0.850. The number of nitrogens with two attached hydrogens (primary N) is 1. The SMILES string of the molecule is Cc1ccc(F)cc1OCC(=O)Nc1c(C)cccc1N. The molecule has 0 radical (unpaired) electrons. The summed E-state index contributed by atoms with van der Waals surface area (Å²) in [4.78, 5) is 11.9. The van der Waals surface area contributed by atoms with Gasteiger partial charge in [-0.3, -0.25) is 4.79 Å². The van der Waals surface area contributed by atoms with Crippen LogP contribution in [0.5, 0.6) is 5.75 Å². The highest BCUT2D eigenvalue weighted by Gasteiger charge is 2.09. The molecule has 0 saturated carbocycles. The number of nitrogen functional groups attached to an aromatic ring is 1. The highest BCUT2D eigenvalue weighted by atomic mass is 19.1. The van der Waals surface area contributed by atoms with E-state index in [2.05, 4.69) is 5.32 Å². The molecule has 0 heterocycles. The molecule has 0 aliphatic heterocycles. The van der Waals surface area contributed by atoms with Crippen LogP contribution in [0, 0.1) is 19.7 Å². The summed E-state index contributed by atoms with van der Waals surface area (Å²) in [6.07, 6.45) is 0. The number of benzene rings is 2. The summed E-state index contributed by atoms with van der Waals surface area (Å²) in [5.41, 5.74) is 8.51. The third kappa shape index (κ3) is 3.72. The number of halogens is 1. The highest BCUT2D eigenvalue weighted by Crippen LogP contribution is 2.23. The van der Waals surface area contributed by atoms with Crippen LogP contribution in [0.2, 0.25) is 0 Å². The summed E-state index contributed by atoms with van der Waals surface area (Å²) < 4.78 is 18.5. The predicted molar refractivity (Wildman–Crippen MR) is 80.9 cm³/mol. The van der Waals surface area contributed by atoms with E-state index in [0.29, 0.717) is 17.1 Å². The topological polar surface area (TPSA) is 64.3 Å². The Morgan fingerprint density at radius 1 is 1.24 bits per heavy atom. The smallest absolute Gasteiger partial charge is 0.262 e. The van der Waals surface area contributed by atoms with Crippen LogP contribution in [0.1, 0.15) is 11.1 Å². The number of amides is 1. The fraction of sp³-hybridized carbons (Fsp3) is 0.188. The Morgan fingerprint density at radius 2 is 2.00 bits per heavy atom. The Balaban J connectivity index is 2.01. The van der Waals surface area contributed by atoms with Crippen LogP contribution in [-0.4, -0.2) is 12.5 Å². The lowest BCUT2D eigenvalue weighted by Gasteiger charge is -2.12. The molecule has 5 heteroatoms. The second-order valence-corrected chi connectivity index (χ2v) is 4.79. The Kier molecular flexibility index (Phi) is 4.42. The minimum absolute atomic E-state index is 0.210. The van der Waals surface area contributed by atoms with Gasteiger partial charge in [0.05, 0.1) is 11.4 Å².